The standard InChI is InChI=1S/C13H21FN2O.C2H6/c14-13(10-17)1-3-16(4-2-13)7-11-5-12(6-11)8-15-9-12;1-2/h10-11,15H,1-9H2;1-2H3. The van der Waals surface area contributed by atoms with E-state index in [-0.39, 0.29) is 0 Å². The summed E-state index contributed by atoms with van der Waals surface area (Å²) < 4.78 is 13.7. The lowest BCUT2D eigenvalue weighted by atomic mass is 9.58. The molecule has 0 bridgehead atoms. The van der Waals surface area contributed by atoms with Gasteiger partial charge in [0.25, 0.3) is 0 Å². The largest absolute Gasteiger partial charge is 0.316 e. The van der Waals surface area contributed by atoms with E-state index in [2.05, 4.69) is 10.2 Å². The van der Waals surface area contributed by atoms with E-state index in [0.717, 1.165) is 25.6 Å². The number of nitrogens with zero attached hydrogens (tertiary/aromatic N) is 1. The summed E-state index contributed by atoms with van der Waals surface area (Å²) in [5.74, 6) is 0.806. The first-order chi connectivity index (χ1) is 9.13. The van der Waals surface area contributed by atoms with Crippen LogP contribution >= 0.6 is 0 Å². The van der Waals surface area contributed by atoms with Crippen molar-refractivity contribution in [2.45, 2.75) is 45.2 Å². The molecule has 0 aromatic carbocycles. The Hall–Kier alpha value is -0.480. The fourth-order valence-electron chi connectivity index (χ4n) is 3.65. The average Bonchev–Trinajstić information content (AvgIpc) is 2.36. The van der Waals surface area contributed by atoms with Crippen molar-refractivity contribution in [2.24, 2.45) is 11.3 Å². The first-order valence-electron chi connectivity index (χ1n) is 7.72. The summed E-state index contributed by atoms with van der Waals surface area (Å²) in [5, 5.41) is 3.34. The Morgan fingerprint density at radius 1 is 1.26 bits per heavy atom. The average molecular weight is 270 g/mol. The topological polar surface area (TPSA) is 32.3 Å². The molecule has 1 aliphatic carbocycles. The molecule has 0 aromatic heterocycles. The molecule has 3 nitrogen and oxygen atoms in total. The highest BCUT2D eigenvalue weighted by atomic mass is 19.1. The quantitative estimate of drug-likeness (QED) is 0.796. The van der Waals surface area contributed by atoms with Crippen LogP contribution in [0.15, 0.2) is 0 Å². The molecule has 1 N–H and O–H groups in total. The molecule has 3 rings (SSSR count). The van der Waals surface area contributed by atoms with Crippen molar-refractivity contribution in [2.75, 3.05) is 32.7 Å². The smallest absolute Gasteiger partial charge is 0.168 e. The molecule has 2 saturated heterocycles. The minimum absolute atomic E-state index is 0.385. The van der Waals surface area contributed by atoms with Crippen molar-refractivity contribution < 1.29 is 9.18 Å². The summed E-state index contributed by atoms with van der Waals surface area (Å²) in [7, 11) is 0. The Kier molecular flexibility index (Phi) is 4.62. The van der Waals surface area contributed by atoms with Crippen LogP contribution in [0.5, 0.6) is 0 Å². The number of aldehydes is 1. The number of alkyl halides is 1. The van der Waals surface area contributed by atoms with Crippen LogP contribution < -0.4 is 5.32 Å². The van der Waals surface area contributed by atoms with Crippen molar-refractivity contribution >= 4 is 6.29 Å². The van der Waals surface area contributed by atoms with E-state index >= 15 is 0 Å². The molecule has 0 atom stereocenters. The number of carbonyl (C=O) groups is 1. The Labute approximate surface area is 115 Å². The maximum Gasteiger partial charge on any atom is 0.168 e. The molecule has 3 aliphatic rings. The first-order valence-corrected chi connectivity index (χ1v) is 7.72. The molecular weight excluding hydrogens is 243 g/mol. The molecule has 2 aliphatic heterocycles. The van der Waals surface area contributed by atoms with Gasteiger partial charge in [0.1, 0.15) is 0 Å². The number of rotatable bonds is 3. The van der Waals surface area contributed by atoms with Crippen molar-refractivity contribution in [1.29, 1.82) is 0 Å². The normalized spacial score (nSPS) is 28.8. The zero-order valence-electron chi connectivity index (χ0n) is 12.3. The van der Waals surface area contributed by atoms with Crippen molar-refractivity contribution in [3.05, 3.63) is 0 Å². The van der Waals surface area contributed by atoms with Crippen LogP contribution in [0.1, 0.15) is 39.5 Å². The van der Waals surface area contributed by atoms with Gasteiger partial charge in [0, 0.05) is 45.6 Å². The monoisotopic (exact) mass is 270 g/mol. The fraction of sp³-hybridized carbons (Fsp3) is 0.933. The van der Waals surface area contributed by atoms with Gasteiger partial charge in [0.2, 0.25) is 0 Å². The molecule has 3 fully saturated rings. The lowest BCUT2D eigenvalue weighted by Crippen LogP contribution is -2.61. The molecule has 1 spiro atoms. The van der Waals surface area contributed by atoms with E-state index < -0.39 is 5.67 Å². The summed E-state index contributed by atoms with van der Waals surface area (Å²) in [6.07, 6.45) is 3.95. The van der Waals surface area contributed by atoms with E-state index in [9.17, 15) is 9.18 Å². The minimum atomic E-state index is -1.53. The lowest BCUT2D eigenvalue weighted by molar-refractivity contribution is -0.121. The number of piperidine rings is 1. The summed E-state index contributed by atoms with van der Waals surface area (Å²) in [6, 6.07) is 0. The van der Waals surface area contributed by atoms with Gasteiger partial charge in [-0.2, -0.15) is 0 Å². The van der Waals surface area contributed by atoms with Crippen LogP contribution in [0, 0.1) is 11.3 Å². The molecule has 0 amide bonds. The Morgan fingerprint density at radius 2 is 1.84 bits per heavy atom. The van der Waals surface area contributed by atoms with Gasteiger partial charge in [-0.15, -0.1) is 0 Å². The molecule has 4 heteroatoms. The highest BCUT2D eigenvalue weighted by Gasteiger charge is 2.48. The Morgan fingerprint density at radius 3 is 2.26 bits per heavy atom. The van der Waals surface area contributed by atoms with Crippen LogP contribution in [-0.2, 0) is 4.79 Å². The predicted molar refractivity (Wildman–Crippen MR) is 75.0 cm³/mol. The zero-order valence-corrected chi connectivity index (χ0v) is 12.3. The summed E-state index contributed by atoms with van der Waals surface area (Å²) >= 11 is 0. The third-order valence-electron chi connectivity index (χ3n) is 4.86. The number of halogens is 1. The minimum Gasteiger partial charge on any atom is -0.316 e. The second-order valence-electron chi connectivity index (χ2n) is 6.33. The third-order valence-corrected chi connectivity index (χ3v) is 4.86. The van der Waals surface area contributed by atoms with Gasteiger partial charge < -0.3 is 10.2 Å². The van der Waals surface area contributed by atoms with Gasteiger partial charge in [-0.05, 0) is 24.2 Å². The van der Waals surface area contributed by atoms with E-state index in [1.165, 1.54) is 25.9 Å². The number of nitrogens with one attached hydrogen (secondary N) is 1. The van der Waals surface area contributed by atoms with Gasteiger partial charge in [0.15, 0.2) is 12.0 Å². The predicted octanol–water partition coefficient (Wildman–Crippen LogP) is 2.02. The van der Waals surface area contributed by atoms with Crippen molar-refractivity contribution in [3.63, 3.8) is 0 Å². The van der Waals surface area contributed by atoms with Crippen molar-refractivity contribution in [1.82, 2.24) is 10.2 Å². The van der Waals surface area contributed by atoms with E-state index in [1.807, 2.05) is 13.8 Å². The molecule has 1 saturated carbocycles. The highest BCUT2D eigenvalue weighted by Crippen LogP contribution is 2.48. The third kappa shape index (κ3) is 3.16. The van der Waals surface area contributed by atoms with Crippen molar-refractivity contribution in [3.8, 4) is 0 Å². The van der Waals surface area contributed by atoms with Crippen LogP contribution in [-0.4, -0.2) is 49.6 Å². The lowest BCUT2D eigenvalue weighted by Gasteiger charge is -2.55. The molecule has 0 aromatic rings. The summed E-state index contributed by atoms with van der Waals surface area (Å²) in [5.41, 5.74) is -0.900. The first kappa shape index (κ1) is 14.9. The van der Waals surface area contributed by atoms with Gasteiger partial charge in [-0.3, -0.25) is 4.79 Å². The van der Waals surface area contributed by atoms with E-state index in [4.69, 9.17) is 0 Å². The van der Waals surface area contributed by atoms with E-state index in [1.54, 1.807) is 0 Å². The zero-order chi connectivity index (χ0) is 13.9. The number of hydrogen-bond donors (Lipinski definition) is 1. The molecule has 2 heterocycles. The van der Waals surface area contributed by atoms with Crippen LogP contribution in [0.2, 0.25) is 0 Å². The van der Waals surface area contributed by atoms with Gasteiger partial charge in [-0.1, -0.05) is 13.8 Å². The molecule has 110 valence electrons. The van der Waals surface area contributed by atoms with Crippen LogP contribution in [0.4, 0.5) is 4.39 Å². The molecule has 19 heavy (non-hydrogen) atoms. The van der Waals surface area contributed by atoms with E-state index in [0.29, 0.717) is 24.5 Å². The summed E-state index contributed by atoms with van der Waals surface area (Å²) in [6.45, 7) is 9.00. The molecular formula is C15H27FN2O. The fourth-order valence-corrected chi connectivity index (χ4v) is 3.65. The Bertz CT molecular complexity index is 301. The SMILES string of the molecule is CC.O=CC1(F)CCN(CC2CC3(CNC3)C2)CC1. The number of hydrogen-bond acceptors (Lipinski definition) is 3. The highest BCUT2D eigenvalue weighted by molar-refractivity contribution is 5.62. The van der Waals surface area contributed by atoms with Gasteiger partial charge in [-0.25, -0.2) is 4.39 Å². The number of carbonyl (C=O) groups excluding carboxylic acids is 1. The van der Waals surface area contributed by atoms with Crippen LogP contribution in [0.3, 0.4) is 0 Å². The molecule has 0 radical (unpaired) electrons. The van der Waals surface area contributed by atoms with Gasteiger partial charge in [0.05, 0.1) is 0 Å². The van der Waals surface area contributed by atoms with Crippen LogP contribution in [0.25, 0.3) is 0 Å². The summed E-state index contributed by atoms with van der Waals surface area (Å²) in [4.78, 5) is 12.9. The van der Waals surface area contributed by atoms with Gasteiger partial charge >= 0.3 is 0 Å². The maximum atomic E-state index is 13.7. The maximum absolute atomic E-state index is 13.7. The molecule has 0 unspecified atom stereocenters. The second-order valence-corrected chi connectivity index (χ2v) is 6.33. The second kappa shape index (κ2) is 5.88. The number of likely N-dealkylation sites (tertiary alicyclic amines) is 1. The Balaban J connectivity index is 0.000000637.